The van der Waals surface area contributed by atoms with E-state index in [2.05, 4.69) is 53.6 Å². The van der Waals surface area contributed by atoms with Crippen LogP contribution >= 0.6 is 23.1 Å². The van der Waals surface area contributed by atoms with Crippen LogP contribution in [0, 0.1) is 0 Å². The average Bonchev–Trinajstić information content (AvgIpc) is 3.19. The molecular weight excluding hydrogens is 338 g/mol. The normalized spacial score (nSPS) is 19.5. The molecule has 0 bridgehead atoms. The fraction of sp³-hybridized carbons (Fsp3) is 0.278. The van der Waals surface area contributed by atoms with E-state index in [1.165, 1.54) is 17.3 Å². The second-order valence-corrected chi connectivity index (χ2v) is 8.03. The van der Waals surface area contributed by atoms with E-state index < -0.39 is 0 Å². The zero-order chi connectivity index (χ0) is 16.9. The molecular formula is C18H19N3OS2. The molecule has 2 aromatic rings. The van der Waals surface area contributed by atoms with Gasteiger partial charge in [0.1, 0.15) is 0 Å². The molecule has 1 saturated heterocycles. The van der Waals surface area contributed by atoms with Crippen molar-refractivity contribution < 1.29 is 4.79 Å². The fourth-order valence-electron chi connectivity index (χ4n) is 2.34. The Hall–Kier alpha value is -1.92. The van der Waals surface area contributed by atoms with Crippen LogP contribution in [-0.4, -0.2) is 22.5 Å². The van der Waals surface area contributed by atoms with Crippen molar-refractivity contribution in [2.45, 2.75) is 31.4 Å². The SMILES string of the molecule is CC(C)c1ccc(CC2S/C(=N/N=C/c3cccs3)NC2=O)cc1. The lowest BCUT2D eigenvalue weighted by atomic mass is 10.0. The van der Waals surface area contributed by atoms with Gasteiger partial charge in [0, 0.05) is 4.88 Å². The Kier molecular flexibility index (Phi) is 5.48. The molecule has 1 aromatic heterocycles. The quantitative estimate of drug-likeness (QED) is 0.649. The van der Waals surface area contributed by atoms with E-state index in [1.807, 2.05) is 17.5 Å². The molecule has 6 heteroatoms. The topological polar surface area (TPSA) is 53.8 Å². The maximum absolute atomic E-state index is 12.1. The Balaban J connectivity index is 1.60. The van der Waals surface area contributed by atoms with Gasteiger partial charge >= 0.3 is 0 Å². The maximum atomic E-state index is 12.1. The first-order valence-corrected chi connectivity index (χ1v) is 9.58. The second kappa shape index (κ2) is 7.77. The van der Waals surface area contributed by atoms with E-state index >= 15 is 0 Å². The summed E-state index contributed by atoms with van der Waals surface area (Å²) in [7, 11) is 0. The summed E-state index contributed by atoms with van der Waals surface area (Å²) < 4.78 is 0. The van der Waals surface area contributed by atoms with Crippen LogP contribution in [0.25, 0.3) is 0 Å². The average molecular weight is 358 g/mol. The van der Waals surface area contributed by atoms with E-state index in [-0.39, 0.29) is 11.2 Å². The third-order valence-electron chi connectivity index (χ3n) is 3.72. The Morgan fingerprint density at radius 1 is 1.25 bits per heavy atom. The van der Waals surface area contributed by atoms with Crippen molar-refractivity contribution in [1.82, 2.24) is 5.32 Å². The van der Waals surface area contributed by atoms with Gasteiger partial charge < -0.3 is 5.32 Å². The molecule has 124 valence electrons. The number of amides is 1. The number of hydrogen-bond donors (Lipinski definition) is 1. The van der Waals surface area contributed by atoms with E-state index in [4.69, 9.17) is 0 Å². The van der Waals surface area contributed by atoms with Crippen LogP contribution in [-0.2, 0) is 11.2 Å². The van der Waals surface area contributed by atoms with E-state index in [0.717, 1.165) is 10.4 Å². The largest absolute Gasteiger partial charge is 0.303 e. The predicted octanol–water partition coefficient (Wildman–Crippen LogP) is 4.04. The van der Waals surface area contributed by atoms with Gasteiger partial charge in [0.15, 0.2) is 5.17 Å². The molecule has 4 nitrogen and oxygen atoms in total. The van der Waals surface area contributed by atoms with Crippen molar-refractivity contribution in [3.63, 3.8) is 0 Å². The molecule has 1 amide bonds. The lowest BCUT2D eigenvalue weighted by Gasteiger charge is -2.08. The number of benzene rings is 1. The highest BCUT2D eigenvalue weighted by Gasteiger charge is 2.30. The minimum atomic E-state index is -0.148. The van der Waals surface area contributed by atoms with E-state index in [9.17, 15) is 4.79 Å². The molecule has 0 saturated carbocycles. The van der Waals surface area contributed by atoms with Crippen molar-refractivity contribution >= 4 is 40.4 Å². The van der Waals surface area contributed by atoms with Crippen molar-refractivity contribution in [3.8, 4) is 0 Å². The molecule has 1 aromatic carbocycles. The van der Waals surface area contributed by atoms with Gasteiger partial charge in [-0.15, -0.1) is 16.4 Å². The zero-order valence-electron chi connectivity index (χ0n) is 13.6. The number of hydrogen-bond acceptors (Lipinski definition) is 5. The minimum absolute atomic E-state index is 0.00184. The number of nitrogens with one attached hydrogen (secondary N) is 1. The molecule has 3 rings (SSSR count). The number of nitrogens with zero attached hydrogens (tertiary/aromatic N) is 2. The summed E-state index contributed by atoms with van der Waals surface area (Å²) in [5.41, 5.74) is 2.47. The summed E-state index contributed by atoms with van der Waals surface area (Å²) in [6.45, 7) is 4.35. The Bertz CT molecular complexity index is 749. The Morgan fingerprint density at radius 3 is 2.71 bits per heavy atom. The molecule has 1 atom stereocenters. The van der Waals surface area contributed by atoms with Crippen LogP contribution < -0.4 is 5.32 Å². The maximum Gasteiger partial charge on any atom is 0.239 e. The molecule has 1 fully saturated rings. The van der Waals surface area contributed by atoms with Gasteiger partial charge in [-0.25, -0.2) is 0 Å². The standard InChI is InChI=1S/C18H19N3OS2/c1-12(2)14-7-5-13(6-8-14)10-16-17(22)20-18(24-16)21-19-11-15-4-3-9-23-15/h3-9,11-12,16H,10H2,1-2H3,(H,20,21,22)/b19-11+. The highest BCUT2D eigenvalue weighted by atomic mass is 32.2. The number of amidine groups is 1. The van der Waals surface area contributed by atoms with Gasteiger partial charge in [0.2, 0.25) is 5.91 Å². The molecule has 2 heterocycles. The minimum Gasteiger partial charge on any atom is -0.303 e. The summed E-state index contributed by atoms with van der Waals surface area (Å²) in [5, 5.41) is 13.3. The van der Waals surface area contributed by atoms with Gasteiger partial charge in [-0.3, -0.25) is 4.79 Å². The second-order valence-electron chi connectivity index (χ2n) is 5.86. The molecule has 0 aliphatic carbocycles. The first-order chi connectivity index (χ1) is 11.6. The van der Waals surface area contributed by atoms with Crippen molar-refractivity contribution in [2.75, 3.05) is 0 Å². The van der Waals surface area contributed by atoms with Crippen LogP contribution in [0.2, 0.25) is 0 Å². The molecule has 1 N–H and O–H groups in total. The summed E-state index contributed by atoms with van der Waals surface area (Å²) in [6, 6.07) is 12.4. The van der Waals surface area contributed by atoms with Crippen LogP contribution in [0.5, 0.6) is 0 Å². The van der Waals surface area contributed by atoms with Crippen molar-refractivity contribution in [3.05, 3.63) is 57.8 Å². The molecule has 24 heavy (non-hydrogen) atoms. The lowest BCUT2D eigenvalue weighted by molar-refractivity contribution is -0.118. The molecule has 1 unspecified atom stereocenters. The number of carbonyl (C=O) groups excluding carboxylic acids is 1. The van der Waals surface area contributed by atoms with Crippen molar-refractivity contribution in [1.29, 1.82) is 0 Å². The molecule has 1 aliphatic rings. The predicted molar refractivity (Wildman–Crippen MR) is 103 cm³/mol. The first kappa shape index (κ1) is 16.9. The summed E-state index contributed by atoms with van der Waals surface area (Å²) in [6.07, 6.45) is 2.39. The van der Waals surface area contributed by atoms with Crippen LogP contribution in [0.15, 0.2) is 52.0 Å². The van der Waals surface area contributed by atoms with E-state index in [0.29, 0.717) is 17.5 Å². The highest BCUT2D eigenvalue weighted by molar-refractivity contribution is 8.15. The van der Waals surface area contributed by atoms with Gasteiger partial charge in [0.25, 0.3) is 0 Å². The fourth-order valence-corrected chi connectivity index (χ4v) is 3.89. The molecule has 1 aliphatic heterocycles. The van der Waals surface area contributed by atoms with Gasteiger partial charge in [-0.1, -0.05) is 55.9 Å². The van der Waals surface area contributed by atoms with Crippen LogP contribution in [0.3, 0.4) is 0 Å². The van der Waals surface area contributed by atoms with Crippen LogP contribution in [0.4, 0.5) is 0 Å². The summed E-state index contributed by atoms with van der Waals surface area (Å²) in [5.74, 6) is 0.515. The number of thioether (sulfide) groups is 1. The number of thiophene rings is 1. The zero-order valence-corrected chi connectivity index (χ0v) is 15.2. The molecule has 0 radical (unpaired) electrons. The first-order valence-electron chi connectivity index (χ1n) is 7.82. The smallest absolute Gasteiger partial charge is 0.239 e. The van der Waals surface area contributed by atoms with Gasteiger partial charge in [-0.2, -0.15) is 5.10 Å². The third-order valence-corrected chi connectivity index (χ3v) is 5.60. The third kappa shape index (κ3) is 4.33. The Labute approximate surface area is 150 Å². The monoisotopic (exact) mass is 357 g/mol. The molecule has 0 spiro atoms. The lowest BCUT2D eigenvalue weighted by Crippen LogP contribution is -2.25. The van der Waals surface area contributed by atoms with Gasteiger partial charge in [0.05, 0.1) is 11.5 Å². The summed E-state index contributed by atoms with van der Waals surface area (Å²) in [4.78, 5) is 13.1. The Morgan fingerprint density at radius 2 is 2.04 bits per heavy atom. The van der Waals surface area contributed by atoms with Crippen LogP contribution in [0.1, 0.15) is 35.8 Å². The number of rotatable bonds is 5. The van der Waals surface area contributed by atoms with Gasteiger partial charge in [-0.05, 0) is 34.9 Å². The van der Waals surface area contributed by atoms with E-state index in [1.54, 1.807) is 17.6 Å². The highest BCUT2D eigenvalue weighted by Crippen LogP contribution is 2.24. The summed E-state index contributed by atoms with van der Waals surface area (Å²) >= 11 is 3.04. The van der Waals surface area contributed by atoms with Crippen molar-refractivity contribution in [2.24, 2.45) is 10.2 Å². The number of carbonyl (C=O) groups is 1.